The van der Waals surface area contributed by atoms with Gasteiger partial charge in [-0.15, -0.1) is 0 Å². The van der Waals surface area contributed by atoms with Gasteiger partial charge in [0, 0.05) is 0 Å². The number of esters is 2. The molecule has 0 saturated heterocycles. The Balaban J connectivity index is 3.17. The quantitative estimate of drug-likeness (QED) is 0.345. The second-order valence-electron chi connectivity index (χ2n) is 1.79. The molecule has 0 aliphatic carbocycles. The molecule has 0 unspecified atom stereocenters. The van der Waals surface area contributed by atoms with Gasteiger partial charge < -0.3 is 4.74 Å². The third-order valence-electron chi connectivity index (χ3n) is 1.18. The number of hydrogen-bond acceptors (Lipinski definition) is 4. The lowest BCUT2D eigenvalue weighted by atomic mass is 10.2. The van der Waals surface area contributed by atoms with E-state index in [0.29, 0.717) is 0 Å². The van der Waals surface area contributed by atoms with Crippen molar-refractivity contribution in [3.63, 3.8) is 0 Å². The van der Waals surface area contributed by atoms with Gasteiger partial charge >= 0.3 is 11.9 Å². The molecule has 1 aliphatic heterocycles. The van der Waals surface area contributed by atoms with Crippen molar-refractivity contribution in [2.24, 2.45) is 0 Å². The Morgan fingerprint density at radius 2 is 2.00 bits per heavy atom. The number of carbonyl (C=O) groups is 2. The Hall–Kier alpha value is -1.63. The molecule has 1 rings (SSSR count). The van der Waals surface area contributed by atoms with E-state index in [9.17, 15) is 9.59 Å². The van der Waals surface area contributed by atoms with E-state index in [1.165, 1.54) is 6.92 Å². The molecule has 0 N–H and O–H groups in total. The van der Waals surface area contributed by atoms with Crippen molar-refractivity contribution in [2.45, 2.75) is 6.92 Å². The van der Waals surface area contributed by atoms with E-state index in [2.05, 4.69) is 4.74 Å². The number of hydrogen-bond donors (Lipinski definition) is 0. The predicted molar refractivity (Wildman–Crippen MR) is 29.4 cm³/mol. The fraction of sp³-hybridized carbons (Fsp3) is 0.167. The first-order valence-corrected chi connectivity index (χ1v) is 2.54. The van der Waals surface area contributed by atoms with Crippen LogP contribution in [0.5, 0.6) is 0 Å². The van der Waals surface area contributed by atoms with Crippen LogP contribution in [0.15, 0.2) is 11.1 Å². The van der Waals surface area contributed by atoms with Gasteiger partial charge in [0.2, 0.25) is 0 Å². The molecule has 0 aromatic rings. The lowest BCUT2D eigenvalue weighted by Crippen LogP contribution is -2.00. The number of carbonyl (C=O) groups excluding carboxylic acids is 2. The monoisotopic (exact) mass is 137 g/mol. The molecule has 1 aliphatic rings. The van der Waals surface area contributed by atoms with E-state index in [4.69, 9.17) is 5.26 Å². The van der Waals surface area contributed by atoms with E-state index < -0.39 is 11.9 Å². The summed E-state index contributed by atoms with van der Waals surface area (Å²) in [6.07, 6.45) is 0. The van der Waals surface area contributed by atoms with Crippen LogP contribution >= 0.6 is 0 Å². The van der Waals surface area contributed by atoms with Crippen LogP contribution in [0.1, 0.15) is 6.92 Å². The molecule has 0 saturated carbocycles. The van der Waals surface area contributed by atoms with Crippen LogP contribution in [-0.4, -0.2) is 11.9 Å². The zero-order valence-electron chi connectivity index (χ0n) is 5.17. The number of cyclic esters (lactones) is 2. The van der Waals surface area contributed by atoms with Crippen LogP contribution in [-0.2, 0) is 14.3 Å². The summed E-state index contributed by atoms with van der Waals surface area (Å²) in [5, 5.41) is 8.26. The third kappa shape index (κ3) is 0.685. The maximum Gasteiger partial charge on any atom is 0.357 e. The van der Waals surface area contributed by atoms with Gasteiger partial charge in [0.15, 0.2) is 0 Å². The fourth-order valence-corrected chi connectivity index (χ4v) is 0.596. The molecule has 0 radical (unpaired) electrons. The minimum absolute atomic E-state index is 0.0903. The second kappa shape index (κ2) is 1.95. The number of rotatable bonds is 0. The number of nitriles is 1. The van der Waals surface area contributed by atoms with Crippen LogP contribution in [0.2, 0.25) is 0 Å². The highest BCUT2D eigenvalue weighted by atomic mass is 16.6. The first kappa shape index (κ1) is 6.49. The van der Waals surface area contributed by atoms with E-state index in [1.807, 2.05) is 0 Å². The normalized spacial score (nSPS) is 17.2. The molecule has 0 aromatic carbocycles. The standard InChI is InChI=1S/C6H3NO3/c1-3-4(2-7)6(9)10-5(3)8/h1H3. The van der Waals surface area contributed by atoms with Gasteiger partial charge in [0.05, 0.1) is 5.57 Å². The molecular weight excluding hydrogens is 134 g/mol. The topological polar surface area (TPSA) is 67.2 Å². The predicted octanol–water partition coefficient (Wildman–Crippen LogP) is -0.0901. The molecule has 0 bridgehead atoms. The first-order chi connectivity index (χ1) is 4.66. The van der Waals surface area contributed by atoms with Gasteiger partial charge in [0.25, 0.3) is 0 Å². The highest BCUT2D eigenvalue weighted by Crippen LogP contribution is 2.14. The Morgan fingerprint density at radius 3 is 2.20 bits per heavy atom. The van der Waals surface area contributed by atoms with E-state index in [-0.39, 0.29) is 11.1 Å². The van der Waals surface area contributed by atoms with E-state index in [1.54, 1.807) is 6.07 Å². The smallest absolute Gasteiger partial charge is 0.357 e. The maximum atomic E-state index is 10.5. The highest BCUT2D eigenvalue weighted by Gasteiger charge is 2.29. The third-order valence-corrected chi connectivity index (χ3v) is 1.18. The minimum Gasteiger partial charge on any atom is -0.385 e. The summed E-state index contributed by atoms with van der Waals surface area (Å²) < 4.78 is 4.10. The van der Waals surface area contributed by atoms with Gasteiger partial charge in [-0.25, -0.2) is 9.59 Å². The first-order valence-electron chi connectivity index (χ1n) is 2.54. The van der Waals surface area contributed by atoms with Crippen LogP contribution in [0.3, 0.4) is 0 Å². The Bertz CT molecular complexity index is 282. The SMILES string of the molecule is CC1=C(C#N)C(=O)OC1=O. The Labute approximate surface area is 56.7 Å². The van der Waals surface area contributed by atoms with Crippen molar-refractivity contribution < 1.29 is 14.3 Å². The molecule has 4 nitrogen and oxygen atoms in total. The molecule has 0 aromatic heterocycles. The molecule has 0 atom stereocenters. The average Bonchev–Trinajstić information content (AvgIpc) is 2.09. The zero-order valence-corrected chi connectivity index (χ0v) is 5.17. The summed E-state index contributed by atoms with van der Waals surface area (Å²) in [4.78, 5) is 21.0. The molecule has 50 valence electrons. The average molecular weight is 137 g/mol. The highest BCUT2D eigenvalue weighted by molar-refractivity contribution is 6.14. The van der Waals surface area contributed by atoms with Crippen molar-refractivity contribution in [3.8, 4) is 6.07 Å². The lowest BCUT2D eigenvalue weighted by Gasteiger charge is -1.83. The van der Waals surface area contributed by atoms with E-state index in [0.717, 1.165) is 0 Å². The number of ether oxygens (including phenoxy) is 1. The number of nitrogens with zero attached hydrogens (tertiary/aromatic N) is 1. The largest absolute Gasteiger partial charge is 0.385 e. The summed E-state index contributed by atoms with van der Waals surface area (Å²) in [5.74, 6) is -1.56. The van der Waals surface area contributed by atoms with Gasteiger partial charge in [-0.1, -0.05) is 0 Å². The molecular formula is C6H3NO3. The fourth-order valence-electron chi connectivity index (χ4n) is 0.596. The van der Waals surface area contributed by atoms with Gasteiger partial charge in [-0.2, -0.15) is 5.26 Å². The molecule has 0 spiro atoms. The van der Waals surface area contributed by atoms with Crippen molar-refractivity contribution in [1.82, 2.24) is 0 Å². The molecule has 4 heteroatoms. The lowest BCUT2D eigenvalue weighted by molar-refractivity contribution is -0.150. The summed E-state index contributed by atoms with van der Waals surface area (Å²) in [5.41, 5.74) is -0.0995. The van der Waals surface area contributed by atoms with Crippen molar-refractivity contribution in [2.75, 3.05) is 0 Å². The van der Waals surface area contributed by atoms with Crippen molar-refractivity contribution >= 4 is 11.9 Å². The van der Waals surface area contributed by atoms with Crippen molar-refractivity contribution in [1.29, 1.82) is 5.26 Å². The summed E-state index contributed by atoms with van der Waals surface area (Å²) in [7, 11) is 0. The molecule has 1 heterocycles. The van der Waals surface area contributed by atoms with Gasteiger partial charge in [-0.3, -0.25) is 0 Å². The Kier molecular flexibility index (Phi) is 1.27. The van der Waals surface area contributed by atoms with Gasteiger partial charge in [0.1, 0.15) is 11.6 Å². The summed E-state index contributed by atoms with van der Waals surface area (Å²) in [6.45, 7) is 1.38. The molecule has 0 fully saturated rings. The summed E-state index contributed by atoms with van der Waals surface area (Å²) >= 11 is 0. The van der Waals surface area contributed by atoms with Gasteiger partial charge in [-0.05, 0) is 6.92 Å². The minimum atomic E-state index is -0.843. The second-order valence-corrected chi connectivity index (χ2v) is 1.79. The molecule has 10 heavy (non-hydrogen) atoms. The molecule has 0 amide bonds. The maximum absolute atomic E-state index is 10.5. The van der Waals surface area contributed by atoms with Crippen LogP contribution in [0.4, 0.5) is 0 Å². The van der Waals surface area contributed by atoms with E-state index >= 15 is 0 Å². The van der Waals surface area contributed by atoms with Crippen LogP contribution in [0, 0.1) is 11.3 Å². The summed E-state index contributed by atoms with van der Waals surface area (Å²) in [6, 6.07) is 1.58. The van der Waals surface area contributed by atoms with Crippen molar-refractivity contribution in [3.05, 3.63) is 11.1 Å². The van der Waals surface area contributed by atoms with Crippen LogP contribution < -0.4 is 0 Å². The zero-order chi connectivity index (χ0) is 7.72. The van der Waals surface area contributed by atoms with Crippen LogP contribution in [0.25, 0.3) is 0 Å². The Morgan fingerprint density at radius 1 is 1.40 bits per heavy atom.